The monoisotopic (exact) mass is 342 g/mol. The van der Waals surface area contributed by atoms with Crippen molar-refractivity contribution in [3.8, 4) is 5.75 Å². The minimum Gasteiger partial charge on any atom is -0.497 e. The first-order valence-electron chi connectivity index (χ1n) is 7.82. The fourth-order valence-electron chi connectivity index (χ4n) is 3.35. The van der Waals surface area contributed by atoms with Crippen LogP contribution in [0.5, 0.6) is 5.75 Å². The van der Waals surface area contributed by atoms with Gasteiger partial charge in [-0.3, -0.25) is 4.90 Å². The van der Waals surface area contributed by atoms with E-state index in [1.165, 1.54) is 13.2 Å². The van der Waals surface area contributed by atoms with Crippen molar-refractivity contribution in [2.24, 2.45) is 11.1 Å². The van der Waals surface area contributed by atoms with Gasteiger partial charge in [-0.1, -0.05) is 6.92 Å². The zero-order valence-corrected chi connectivity index (χ0v) is 14.7. The number of methoxy groups -OCH3 is 1. The maximum Gasteiger partial charge on any atom is 0.238 e. The van der Waals surface area contributed by atoms with Gasteiger partial charge < -0.3 is 9.84 Å². The summed E-state index contributed by atoms with van der Waals surface area (Å²) in [5.74, 6) is 1.16. The van der Waals surface area contributed by atoms with Crippen molar-refractivity contribution in [2.75, 3.05) is 20.2 Å². The molecular weight excluding hydrogens is 316 g/mol. The fourth-order valence-corrected chi connectivity index (χ4v) is 4.12. The molecule has 2 unspecified atom stereocenters. The molecule has 1 heterocycles. The molecule has 1 aromatic carbocycles. The number of ether oxygens (including phenoxy) is 1. The van der Waals surface area contributed by atoms with E-state index in [-0.39, 0.29) is 11.3 Å². The summed E-state index contributed by atoms with van der Waals surface area (Å²) in [7, 11) is -2.32. The van der Waals surface area contributed by atoms with Crippen molar-refractivity contribution in [1.82, 2.24) is 4.90 Å². The Morgan fingerprint density at radius 3 is 2.65 bits per heavy atom. The van der Waals surface area contributed by atoms with E-state index in [9.17, 15) is 13.5 Å². The van der Waals surface area contributed by atoms with Crippen molar-refractivity contribution < 1.29 is 18.3 Å². The van der Waals surface area contributed by atoms with Crippen molar-refractivity contribution in [1.29, 1.82) is 0 Å². The molecule has 130 valence electrons. The van der Waals surface area contributed by atoms with Gasteiger partial charge in [-0.2, -0.15) is 0 Å². The Hall–Kier alpha value is -1.15. The highest BCUT2D eigenvalue weighted by Gasteiger charge is 2.28. The van der Waals surface area contributed by atoms with E-state index >= 15 is 0 Å². The van der Waals surface area contributed by atoms with Gasteiger partial charge >= 0.3 is 0 Å². The minimum absolute atomic E-state index is 0.0418. The van der Waals surface area contributed by atoms with E-state index in [0.29, 0.717) is 29.8 Å². The number of primary sulfonamides is 1. The van der Waals surface area contributed by atoms with Gasteiger partial charge in [0.05, 0.1) is 18.1 Å². The van der Waals surface area contributed by atoms with Crippen LogP contribution in [0, 0.1) is 5.92 Å². The molecule has 1 saturated heterocycles. The van der Waals surface area contributed by atoms with Crippen LogP contribution in [-0.2, 0) is 16.4 Å². The number of likely N-dealkylation sites (tertiary alicyclic amines) is 1. The lowest BCUT2D eigenvalue weighted by Gasteiger charge is -2.24. The SMILES string of the molecule is COc1ccc(S(N)(=O)=O)c(C[C@@H](O)CN2CC(C)CC2C)c1. The third kappa shape index (κ3) is 4.67. The average Bonchev–Trinajstić information content (AvgIpc) is 2.75. The summed E-state index contributed by atoms with van der Waals surface area (Å²) in [6, 6.07) is 5.04. The molecule has 1 aromatic rings. The Labute approximate surface area is 138 Å². The second kappa shape index (κ2) is 7.17. The molecule has 0 amide bonds. The van der Waals surface area contributed by atoms with Crippen LogP contribution < -0.4 is 9.88 Å². The predicted octanol–water partition coefficient (Wildman–Crippen LogP) is 0.976. The van der Waals surface area contributed by atoms with Gasteiger partial charge in [0.2, 0.25) is 10.0 Å². The van der Waals surface area contributed by atoms with Gasteiger partial charge in [-0.05, 0) is 43.0 Å². The summed E-state index contributed by atoms with van der Waals surface area (Å²) in [6.45, 7) is 5.83. The molecular formula is C16H26N2O4S. The first-order chi connectivity index (χ1) is 10.7. The quantitative estimate of drug-likeness (QED) is 0.804. The lowest BCUT2D eigenvalue weighted by Crippen LogP contribution is -2.36. The summed E-state index contributed by atoms with van der Waals surface area (Å²) < 4.78 is 28.6. The Balaban J connectivity index is 2.15. The molecule has 1 aliphatic heterocycles. The molecule has 7 heteroatoms. The van der Waals surface area contributed by atoms with Crippen molar-refractivity contribution in [3.05, 3.63) is 23.8 Å². The molecule has 6 nitrogen and oxygen atoms in total. The van der Waals surface area contributed by atoms with E-state index in [2.05, 4.69) is 18.7 Å². The molecule has 2 rings (SSSR count). The predicted molar refractivity (Wildman–Crippen MR) is 88.9 cm³/mol. The van der Waals surface area contributed by atoms with E-state index in [0.717, 1.165) is 13.0 Å². The highest BCUT2D eigenvalue weighted by atomic mass is 32.2. The maximum absolute atomic E-state index is 11.7. The first kappa shape index (κ1) is 18.2. The van der Waals surface area contributed by atoms with Crippen molar-refractivity contribution in [2.45, 2.75) is 43.7 Å². The number of nitrogens with two attached hydrogens (primary N) is 1. The largest absolute Gasteiger partial charge is 0.497 e. The van der Waals surface area contributed by atoms with E-state index < -0.39 is 16.1 Å². The van der Waals surface area contributed by atoms with Crippen LogP contribution in [0.3, 0.4) is 0 Å². The molecule has 0 aliphatic carbocycles. The summed E-state index contributed by atoms with van der Waals surface area (Å²) in [6.07, 6.45) is 0.685. The molecule has 0 bridgehead atoms. The van der Waals surface area contributed by atoms with E-state index in [1.54, 1.807) is 12.1 Å². The van der Waals surface area contributed by atoms with E-state index in [4.69, 9.17) is 9.88 Å². The third-order valence-corrected chi connectivity index (χ3v) is 5.40. The smallest absolute Gasteiger partial charge is 0.238 e. The average molecular weight is 342 g/mol. The van der Waals surface area contributed by atoms with Gasteiger partial charge in [0.25, 0.3) is 0 Å². The molecule has 0 aromatic heterocycles. The van der Waals surface area contributed by atoms with Gasteiger partial charge in [0.1, 0.15) is 5.75 Å². The van der Waals surface area contributed by atoms with Gasteiger partial charge in [-0.25, -0.2) is 13.6 Å². The molecule has 1 aliphatic rings. The standard InChI is InChI=1S/C16H26N2O4S/c1-11-6-12(2)18(9-11)10-14(19)7-13-8-15(22-3)4-5-16(13)23(17,20)21/h4-5,8,11-12,14,19H,6-7,9-10H2,1-3H3,(H2,17,20,21)/t11?,12?,14-/m1/s1. The highest BCUT2D eigenvalue weighted by molar-refractivity contribution is 7.89. The number of rotatable bonds is 6. The first-order valence-corrected chi connectivity index (χ1v) is 9.37. The van der Waals surface area contributed by atoms with Crippen LogP contribution in [-0.4, -0.2) is 50.8 Å². The number of benzene rings is 1. The van der Waals surface area contributed by atoms with Crippen molar-refractivity contribution >= 4 is 10.0 Å². The van der Waals surface area contributed by atoms with Crippen LogP contribution in [0.4, 0.5) is 0 Å². The van der Waals surface area contributed by atoms with Gasteiger partial charge in [0, 0.05) is 25.6 Å². The number of nitrogens with zero attached hydrogens (tertiary/aromatic N) is 1. The van der Waals surface area contributed by atoms with Crippen LogP contribution in [0.2, 0.25) is 0 Å². The Bertz CT molecular complexity index is 647. The summed E-state index contributed by atoms with van der Waals surface area (Å²) in [5, 5.41) is 15.7. The second-order valence-corrected chi connectivity index (χ2v) is 8.05. The Morgan fingerprint density at radius 2 is 2.13 bits per heavy atom. The van der Waals surface area contributed by atoms with E-state index in [1.807, 2.05) is 0 Å². The topological polar surface area (TPSA) is 92.9 Å². The molecule has 0 saturated carbocycles. The molecule has 23 heavy (non-hydrogen) atoms. The zero-order valence-electron chi connectivity index (χ0n) is 13.9. The number of aliphatic hydroxyl groups is 1. The Kier molecular flexibility index (Phi) is 5.67. The molecule has 0 spiro atoms. The number of sulfonamides is 1. The number of hydrogen-bond donors (Lipinski definition) is 2. The van der Waals surface area contributed by atoms with Gasteiger partial charge in [-0.15, -0.1) is 0 Å². The number of hydrogen-bond acceptors (Lipinski definition) is 5. The van der Waals surface area contributed by atoms with Gasteiger partial charge in [0.15, 0.2) is 0 Å². The van der Waals surface area contributed by atoms with Crippen LogP contribution in [0.15, 0.2) is 23.1 Å². The summed E-state index contributed by atoms with van der Waals surface area (Å²) in [4.78, 5) is 2.28. The Morgan fingerprint density at radius 1 is 1.43 bits per heavy atom. The molecule has 3 atom stereocenters. The number of aliphatic hydroxyl groups excluding tert-OH is 1. The van der Waals surface area contributed by atoms with Crippen LogP contribution >= 0.6 is 0 Å². The van der Waals surface area contributed by atoms with Crippen molar-refractivity contribution in [3.63, 3.8) is 0 Å². The normalized spacial score (nSPS) is 23.9. The summed E-state index contributed by atoms with van der Waals surface area (Å²) in [5.41, 5.74) is 0.485. The fraction of sp³-hybridized carbons (Fsp3) is 0.625. The number of β-amino-alcohol motifs (C(OH)–C–C–N with tert-alkyl or cyclic N) is 1. The third-order valence-electron chi connectivity index (χ3n) is 4.39. The maximum atomic E-state index is 11.7. The lowest BCUT2D eigenvalue weighted by molar-refractivity contribution is 0.108. The lowest BCUT2D eigenvalue weighted by atomic mass is 10.1. The second-order valence-electron chi connectivity index (χ2n) is 6.52. The molecule has 3 N–H and O–H groups in total. The highest BCUT2D eigenvalue weighted by Crippen LogP contribution is 2.25. The van der Waals surface area contributed by atoms with Crippen LogP contribution in [0.25, 0.3) is 0 Å². The zero-order chi connectivity index (χ0) is 17.2. The molecule has 0 radical (unpaired) electrons. The molecule has 1 fully saturated rings. The van der Waals surface area contributed by atoms with Crippen LogP contribution in [0.1, 0.15) is 25.8 Å². The summed E-state index contributed by atoms with van der Waals surface area (Å²) >= 11 is 0. The minimum atomic E-state index is -3.83.